The van der Waals surface area contributed by atoms with Crippen LogP contribution in [0.1, 0.15) is 12.2 Å². The molecule has 136 valence electrons. The Bertz CT molecular complexity index is 996. The lowest BCUT2D eigenvalue weighted by Gasteiger charge is -2.13. The van der Waals surface area contributed by atoms with E-state index in [2.05, 4.69) is 17.3 Å². The smallest absolute Gasteiger partial charge is 0.254 e. The highest BCUT2D eigenvalue weighted by Gasteiger charge is 2.59. The molecule has 0 N–H and O–H groups in total. The molecule has 2 amide bonds. The van der Waals surface area contributed by atoms with Gasteiger partial charge in [0.1, 0.15) is 11.5 Å². The van der Waals surface area contributed by atoms with E-state index in [1.165, 1.54) is 6.21 Å². The van der Waals surface area contributed by atoms with Crippen LogP contribution in [-0.2, 0) is 9.59 Å². The molecule has 2 heterocycles. The number of amides is 2. The van der Waals surface area contributed by atoms with E-state index in [4.69, 9.17) is 27.6 Å². The summed E-state index contributed by atoms with van der Waals surface area (Å²) in [7, 11) is 0. The van der Waals surface area contributed by atoms with Crippen molar-refractivity contribution in [3.63, 3.8) is 0 Å². The molecule has 2 aliphatic carbocycles. The molecule has 27 heavy (non-hydrogen) atoms. The summed E-state index contributed by atoms with van der Waals surface area (Å²) in [5.74, 6) is 0.356. The second-order valence-electron chi connectivity index (χ2n) is 7.06. The summed E-state index contributed by atoms with van der Waals surface area (Å²) in [5, 5.41) is 6.12. The van der Waals surface area contributed by atoms with E-state index in [0.29, 0.717) is 27.1 Å². The van der Waals surface area contributed by atoms with Crippen LogP contribution >= 0.6 is 23.2 Å². The molecule has 1 saturated heterocycles. The van der Waals surface area contributed by atoms with Gasteiger partial charge in [0.05, 0.1) is 23.1 Å². The predicted molar refractivity (Wildman–Crippen MR) is 101 cm³/mol. The lowest BCUT2D eigenvalue weighted by atomic mass is 9.85. The number of halogens is 2. The standard InChI is InChI=1S/C20H14Cl2N2O3/c21-12-3-5-14(15(22)8-12)16-6-4-13(27-16)9-23-24-19(25)17-10-1-2-11(7-10)18(17)20(24)26/h1-6,8-11,17-18H,7H2/b23-9-/t10-,11-,17-,18+/m0/s1. The van der Waals surface area contributed by atoms with Gasteiger partial charge in [-0.25, -0.2) is 0 Å². The highest BCUT2D eigenvalue weighted by atomic mass is 35.5. The average molecular weight is 401 g/mol. The van der Waals surface area contributed by atoms with Crippen LogP contribution in [0.2, 0.25) is 10.0 Å². The van der Waals surface area contributed by atoms with Crippen molar-refractivity contribution in [3.8, 4) is 11.3 Å². The molecule has 5 nitrogen and oxygen atoms in total. The van der Waals surface area contributed by atoms with Crippen molar-refractivity contribution in [2.24, 2.45) is 28.8 Å². The largest absolute Gasteiger partial charge is 0.455 e. The van der Waals surface area contributed by atoms with E-state index in [1.54, 1.807) is 30.3 Å². The number of hydrogen-bond acceptors (Lipinski definition) is 4. The van der Waals surface area contributed by atoms with E-state index < -0.39 is 0 Å². The van der Waals surface area contributed by atoms with E-state index in [0.717, 1.165) is 11.4 Å². The maximum atomic E-state index is 12.6. The molecule has 7 heteroatoms. The minimum absolute atomic E-state index is 0.166. The van der Waals surface area contributed by atoms with Crippen LogP contribution in [0.4, 0.5) is 0 Å². The lowest BCUT2D eigenvalue weighted by molar-refractivity contribution is -0.140. The number of fused-ring (bicyclic) bond motifs is 5. The van der Waals surface area contributed by atoms with Gasteiger partial charge in [0.15, 0.2) is 0 Å². The molecule has 4 atom stereocenters. The lowest BCUT2D eigenvalue weighted by Crippen LogP contribution is -2.28. The minimum Gasteiger partial charge on any atom is -0.455 e. The summed E-state index contributed by atoms with van der Waals surface area (Å²) >= 11 is 12.1. The number of rotatable bonds is 3. The fraction of sp³-hybridized carbons (Fsp3) is 0.250. The molecule has 1 saturated carbocycles. The first-order valence-corrected chi connectivity index (χ1v) is 9.44. The number of nitrogens with zero attached hydrogens (tertiary/aromatic N) is 2. The van der Waals surface area contributed by atoms with Crippen molar-refractivity contribution in [3.05, 3.63) is 58.3 Å². The Morgan fingerprint density at radius 1 is 1.04 bits per heavy atom. The molecule has 1 aliphatic heterocycles. The zero-order valence-electron chi connectivity index (χ0n) is 14.0. The van der Waals surface area contributed by atoms with E-state index in [9.17, 15) is 9.59 Å². The molecule has 2 bridgehead atoms. The molecule has 1 aromatic heterocycles. The Balaban J connectivity index is 1.37. The van der Waals surface area contributed by atoms with Crippen molar-refractivity contribution in [2.45, 2.75) is 6.42 Å². The molecule has 1 aromatic carbocycles. The zero-order chi connectivity index (χ0) is 18.7. The van der Waals surface area contributed by atoms with Gasteiger partial charge < -0.3 is 4.42 Å². The number of hydrazone groups is 1. The molecule has 5 rings (SSSR count). The molecule has 0 radical (unpaired) electrons. The monoisotopic (exact) mass is 400 g/mol. The summed E-state index contributed by atoms with van der Waals surface area (Å²) in [6, 6.07) is 8.59. The van der Waals surface area contributed by atoms with Gasteiger partial charge in [-0.15, -0.1) is 0 Å². The summed E-state index contributed by atoms with van der Waals surface area (Å²) in [6.07, 6.45) is 6.39. The SMILES string of the molecule is O=C1[C@@H]2[C@H](C(=O)N1/N=C\c1ccc(-c3ccc(Cl)cc3Cl)o1)[C@H]1C=C[C@H]2C1. The normalized spacial score (nSPS) is 28.7. The first-order valence-electron chi connectivity index (χ1n) is 8.68. The van der Waals surface area contributed by atoms with E-state index >= 15 is 0 Å². The molecule has 0 unspecified atom stereocenters. The fourth-order valence-corrected chi connectivity index (χ4v) is 4.87. The van der Waals surface area contributed by atoms with Crippen LogP contribution < -0.4 is 0 Å². The predicted octanol–water partition coefficient (Wildman–Crippen LogP) is 4.39. The van der Waals surface area contributed by atoms with Crippen molar-refractivity contribution >= 4 is 41.2 Å². The van der Waals surface area contributed by atoms with Gasteiger partial charge in [0, 0.05) is 10.6 Å². The number of imide groups is 1. The highest BCUT2D eigenvalue weighted by Crippen LogP contribution is 2.52. The van der Waals surface area contributed by atoms with Crippen LogP contribution in [0, 0.1) is 23.7 Å². The number of benzene rings is 1. The van der Waals surface area contributed by atoms with E-state index in [-0.39, 0.29) is 35.5 Å². The van der Waals surface area contributed by atoms with Gasteiger partial charge in [-0.2, -0.15) is 10.1 Å². The van der Waals surface area contributed by atoms with Gasteiger partial charge in [-0.1, -0.05) is 35.4 Å². The topological polar surface area (TPSA) is 62.9 Å². The molecule has 2 aromatic rings. The maximum absolute atomic E-state index is 12.6. The molecular weight excluding hydrogens is 387 g/mol. The van der Waals surface area contributed by atoms with Crippen LogP contribution in [-0.4, -0.2) is 23.0 Å². The first-order chi connectivity index (χ1) is 13.0. The quantitative estimate of drug-likeness (QED) is 0.435. The zero-order valence-corrected chi connectivity index (χ0v) is 15.5. The third-order valence-corrected chi connectivity index (χ3v) is 6.12. The van der Waals surface area contributed by atoms with Crippen molar-refractivity contribution in [1.29, 1.82) is 0 Å². The third kappa shape index (κ3) is 2.57. The second-order valence-corrected chi connectivity index (χ2v) is 7.90. The van der Waals surface area contributed by atoms with Crippen LogP contribution in [0.25, 0.3) is 11.3 Å². The van der Waals surface area contributed by atoms with Gasteiger partial charge >= 0.3 is 0 Å². The maximum Gasteiger partial charge on any atom is 0.254 e. The Labute approximate surface area is 165 Å². The Hall–Kier alpha value is -2.37. The Kier molecular flexibility index (Phi) is 3.78. The van der Waals surface area contributed by atoms with Gasteiger partial charge in [-0.3, -0.25) is 9.59 Å². The Morgan fingerprint density at radius 3 is 2.41 bits per heavy atom. The van der Waals surface area contributed by atoms with Crippen molar-refractivity contribution in [2.75, 3.05) is 0 Å². The first kappa shape index (κ1) is 16.8. The second kappa shape index (κ2) is 6.08. The Morgan fingerprint density at radius 2 is 1.74 bits per heavy atom. The van der Waals surface area contributed by atoms with Crippen LogP contribution in [0.5, 0.6) is 0 Å². The van der Waals surface area contributed by atoms with Gasteiger partial charge in [-0.05, 0) is 48.6 Å². The van der Waals surface area contributed by atoms with Crippen molar-refractivity contribution < 1.29 is 14.0 Å². The molecular formula is C20H14Cl2N2O3. The summed E-state index contributed by atoms with van der Waals surface area (Å²) in [6.45, 7) is 0. The number of carbonyl (C=O) groups is 2. The van der Waals surface area contributed by atoms with Gasteiger partial charge in [0.2, 0.25) is 0 Å². The number of carbonyl (C=O) groups excluding carboxylic acids is 2. The average Bonchev–Trinajstić information content (AvgIpc) is 3.39. The highest BCUT2D eigenvalue weighted by molar-refractivity contribution is 6.36. The molecule has 3 aliphatic rings. The molecule has 0 spiro atoms. The molecule has 2 fully saturated rings. The van der Waals surface area contributed by atoms with Gasteiger partial charge in [0.25, 0.3) is 11.8 Å². The van der Waals surface area contributed by atoms with E-state index in [1.807, 2.05) is 0 Å². The third-order valence-electron chi connectivity index (χ3n) is 5.57. The van der Waals surface area contributed by atoms with Crippen LogP contribution in [0.3, 0.4) is 0 Å². The fourth-order valence-electron chi connectivity index (χ4n) is 4.37. The summed E-state index contributed by atoms with van der Waals surface area (Å²) in [4.78, 5) is 25.2. The van der Waals surface area contributed by atoms with Crippen LogP contribution in [0.15, 0.2) is 52.0 Å². The number of hydrogen-bond donors (Lipinski definition) is 0. The van der Waals surface area contributed by atoms with Crippen molar-refractivity contribution in [1.82, 2.24) is 5.01 Å². The summed E-state index contributed by atoms with van der Waals surface area (Å²) in [5.41, 5.74) is 0.700. The number of furan rings is 1. The number of allylic oxidation sites excluding steroid dienone is 2. The minimum atomic E-state index is -0.260. The summed E-state index contributed by atoms with van der Waals surface area (Å²) < 4.78 is 5.73.